The fourth-order valence-corrected chi connectivity index (χ4v) is 2.14. The van der Waals surface area contributed by atoms with Gasteiger partial charge in [0.15, 0.2) is 0 Å². The lowest BCUT2D eigenvalue weighted by molar-refractivity contribution is -0.122. The molecule has 19 heavy (non-hydrogen) atoms. The summed E-state index contributed by atoms with van der Waals surface area (Å²) < 4.78 is 5.64. The lowest BCUT2D eigenvalue weighted by Gasteiger charge is -2.28. The normalized spacial score (nSPS) is 14.4. The molecule has 2 atom stereocenters. The van der Waals surface area contributed by atoms with Crippen LogP contribution in [-0.2, 0) is 4.79 Å². The van der Waals surface area contributed by atoms with Crippen molar-refractivity contribution >= 4 is 5.91 Å². The molecule has 0 radical (unpaired) electrons. The van der Waals surface area contributed by atoms with E-state index >= 15 is 0 Å². The van der Waals surface area contributed by atoms with Crippen molar-refractivity contribution in [2.75, 3.05) is 20.1 Å². The minimum atomic E-state index is -0.116. The predicted molar refractivity (Wildman–Crippen MR) is 75.8 cm³/mol. The molecule has 0 aliphatic rings. The summed E-state index contributed by atoms with van der Waals surface area (Å²) in [5.74, 6) is 1.67. The Balaban J connectivity index is 2.69. The molecular formula is C14H25N3O2. The molecule has 5 nitrogen and oxygen atoms in total. The second kappa shape index (κ2) is 7.31. The average Bonchev–Trinajstić information content (AvgIpc) is 2.72. The number of nitrogens with one attached hydrogen (secondary N) is 1. The molecular weight excluding hydrogens is 242 g/mol. The molecule has 1 aromatic rings. The number of amides is 1. The van der Waals surface area contributed by atoms with Crippen LogP contribution in [0.25, 0.3) is 0 Å². The fraction of sp³-hybridized carbons (Fsp3) is 0.643. The number of aryl methyl sites for hydroxylation is 1. The SMILES string of the molecule is CCCNC(=O)CN(C)C(c1ccc(C)o1)C(C)N. The standard InChI is InChI=1S/C14H25N3O2/c1-5-8-16-13(18)9-17(4)14(11(3)15)12-7-6-10(2)19-12/h6-7,11,14H,5,8-9,15H2,1-4H3,(H,16,18). The number of hydrogen-bond acceptors (Lipinski definition) is 4. The maximum absolute atomic E-state index is 11.8. The van der Waals surface area contributed by atoms with Crippen LogP contribution in [-0.4, -0.2) is 37.0 Å². The van der Waals surface area contributed by atoms with Crippen molar-refractivity contribution in [3.05, 3.63) is 23.7 Å². The van der Waals surface area contributed by atoms with Crippen molar-refractivity contribution in [2.45, 2.75) is 39.3 Å². The van der Waals surface area contributed by atoms with Gasteiger partial charge in [0.1, 0.15) is 11.5 Å². The molecule has 0 fully saturated rings. The number of hydrogen-bond donors (Lipinski definition) is 2. The molecule has 0 aliphatic heterocycles. The van der Waals surface area contributed by atoms with Gasteiger partial charge in [0, 0.05) is 12.6 Å². The average molecular weight is 267 g/mol. The summed E-state index contributed by atoms with van der Waals surface area (Å²) in [5, 5.41) is 2.86. The Kier molecular flexibility index (Phi) is 6.05. The van der Waals surface area contributed by atoms with Gasteiger partial charge in [0.25, 0.3) is 0 Å². The van der Waals surface area contributed by atoms with E-state index in [-0.39, 0.29) is 18.0 Å². The van der Waals surface area contributed by atoms with Crippen LogP contribution in [0.4, 0.5) is 0 Å². The van der Waals surface area contributed by atoms with Gasteiger partial charge < -0.3 is 15.5 Å². The molecule has 1 heterocycles. The number of furan rings is 1. The second-order valence-electron chi connectivity index (χ2n) is 5.02. The number of carbonyl (C=O) groups excluding carboxylic acids is 1. The number of rotatable bonds is 7. The van der Waals surface area contributed by atoms with E-state index in [4.69, 9.17) is 10.2 Å². The minimum Gasteiger partial charge on any atom is -0.465 e. The highest BCUT2D eigenvalue weighted by Gasteiger charge is 2.25. The first-order valence-electron chi connectivity index (χ1n) is 6.74. The molecule has 0 aliphatic carbocycles. The van der Waals surface area contributed by atoms with E-state index < -0.39 is 0 Å². The van der Waals surface area contributed by atoms with Crippen LogP contribution in [0.5, 0.6) is 0 Å². The summed E-state index contributed by atoms with van der Waals surface area (Å²) in [5.41, 5.74) is 6.02. The van der Waals surface area contributed by atoms with Crippen molar-refractivity contribution in [1.82, 2.24) is 10.2 Å². The molecule has 0 aromatic carbocycles. The Bertz CT molecular complexity index is 401. The Labute approximate surface area is 115 Å². The lowest BCUT2D eigenvalue weighted by atomic mass is 10.1. The van der Waals surface area contributed by atoms with Gasteiger partial charge >= 0.3 is 0 Å². The summed E-state index contributed by atoms with van der Waals surface area (Å²) >= 11 is 0. The number of likely N-dealkylation sites (N-methyl/N-ethyl adjacent to an activating group) is 1. The van der Waals surface area contributed by atoms with Crippen LogP contribution in [0.2, 0.25) is 0 Å². The molecule has 108 valence electrons. The Morgan fingerprint density at radius 3 is 2.68 bits per heavy atom. The first-order valence-corrected chi connectivity index (χ1v) is 6.74. The lowest BCUT2D eigenvalue weighted by Crippen LogP contribution is -2.42. The third-order valence-electron chi connectivity index (χ3n) is 2.99. The van der Waals surface area contributed by atoms with Gasteiger partial charge in [-0.2, -0.15) is 0 Å². The molecule has 1 aromatic heterocycles. The van der Waals surface area contributed by atoms with Crippen LogP contribution in [0.15, 0.2) is 16.5 Å². The van der Waals surface area contributed by atoms with Crippen molar-refractivity contribution in [2.24, 2.45) is 5.73 Å². The summed E-state index contributed by atoms with van der Waals surface area (Å²) in [6.07, 6.45) is 0.934. The van der Waals surface area contributed by atoms with Crippen molar-refractivity contribution in [3.63, 3.8) is 0 Å². The van der Waals surface area contributed by atoms with Gasteiger partial charge in [-0.05, 0) is 39.4 Å². The largest absolute Gasteiger partial charge is 0.465 e. The molecule has 0 spiro atoms. The molecule has 1 rings (SSSR count). The molecule has 1 amide bonds. The Morgan fingerprint density at radius 1 is 1.53 bits per heavy atom. The van der Waals surface area contributed by atoms with E-state index in [2.05, 4.69) is 5.32 Å². The zero-order valence-electron chi connectivity index (χ0n) is 12.3. The zero-order chi connectivity index (χ0) is 14.4. The maximum Gasteiger partial charge on any atom is 0.234 e. The molecule has 0 saturated carbocycles. The molecule has 0 bridgehead atoms. The van der Waals surface area contributed by atoms with Crippen molar-refractivity contribution in [3.8, 4) is 0 Å². The third kappa shape index (κ3) is 4.69. The second-order valence-corrected chi connectivity index (χ2v) is 5.02. The van der Waals surface area contributed by atoms with Crippen molar-refractivity contribution in [1.29, 1.82) is 0 Å². The van der Waals surface area contributed by atoms with E-state index in [0.29, 0.717) is 13.1 Å². The smallest absolute Gasteiger partial charge is 0.234 e. The van der Waals surface area contributed by atoms with Crippen LogP contribution in [0.1, 0.15) is 37.8 Å². The zero-order valence-corrected chi connectivity index (χ0v) is 12.3. The summed E-state index contributed by atoms with van der Waals surface area (Å²) in [4.78, 5) is 13.7. The van der Waals surface area contributed by atoms with Gasteiger partial charge in [-0.25, -0.2) is 0 Å². The van der Waals surface area contributed by atoms with E-state index in [0.717, 1.165) is 17.9 Å². The van der Waals surface area contributed by atoms with E-state index in [9.17, 15) is 4.79 Å². The summed E-state index contributed by atoms with van der Waals surface area (Å²) in [7, 11) is 1.89. The molecule has 0 saturated heterocycles. The van der Waals surface area contributed by atoms with Gasteiger partial charge in [-0.3, -0.25) is 9.69 Å². The van der Waals surface area contributed by atoms with Crippen LogP contribution < -0.4 is 11.1 Å². The van der Waals surface area contributed by atoms with Gasteiger partial charge in [-0.15, -0.1) is 0 Å². The fourth-order valence-electron chi connectivity index (χ4n) is 2.14. The molecule has 2 unspecified atom stereocenters. The number of carbonyl (C=O) groups is 1. The highest BCUT2D eigenvalue weighted by molar-refractivity contribution is 5.78. The maximum atomic E-state index is 11.8. The van der Waals surface area contributed by atoms with Gasteiger partial charge in [0.05, 0.1) is 12.6 Å². The van der Waals surface area contributed by atoms with E-state index in [1.807, 2.05) is 44.9 Å². The molecule has 3 N–H and O–H groups in total. The predicted octanol–water partition coefficient (Wildman–Crippen LogP) is 1.43. The number of nitrogens with zero attached hydrogens (tertiary/aromatic N) is 1. The van der Waals surface area contributed by atoms with Gasteiger partial charge in [0.2, 0.25) is 5.91 Å². The highest BCUT2D eigenvalue weighted by atomic mass is 16.3. The summed E-state index contributed by atoms with van der Waals surface area (Å²) in [6.45, 7) is 6.86. The van der Waals surface area contributed by atoms with Crippen LogP contribution in [0.3, 0.4) is 0 Å². The topological polar surface area (TPSA) is 71.5 Å². The first-order chi connectivity index (χ1) is 8.95. The quantitative estimate of drug-likeness (QED) is 0.784. The van der Waals surface area contributed by atoms with Crippen LogP contribution in [0, 0.1) is 6.92 Å². The Hall–Kier alpha value is -1.33. The Morgan fingerprint density at radius 2 is 2.21 bits per heavy atom. The number of nitrogens with two attached hydrogens (primary N) is 1. The van der Waals surface area contributed by atoms with E-state index in [1.54, 1.807) is 0 Å². The summed E-state index contributed by atoms with van der Waals surface area (Å²) in [6, 6.07) is 3.62. The van der Waals surface area contributed by atoms with Crippen molar-refractivity contribution < 1.29 is 9.21 Å². The van der Waals surface area contributed by atoms with Crippen LogP contribution >= 0.6 is 0 Å². The monoisotopic (exact) mass is 267 g/mol. The first kappa shape index (κ1) is 15.7. The highest BCUT2D eigenvalue weighted by Crippen LogP contribution is 2.23. The molecule has 5 heteroatoms. The third-order valence-corrected chi connectivity index (χ3v) is 2.99. The van der Waals surface area contributed by atoms with E-state index in [1.165, 1.54) is 0 Å². The minimum absolute atomic E-state index is 0.0123. The van der Waals surface area contributed by atoms with Gasteiger partial charge in [-0.1, -0.05) is 6.92 Å².